The molecule has 1 aromatic heterocycles. The highest BCUT2D eigenvalue weighted by molar-refractivity contribution is 7.08. The molecule has 1 aliphatic carbocycles. The van der Waals surface area contributed by atoms with Crippen LogP contribution >= 0.6 is 11.5 Å². The number of hydrogen-bond acceptors (Lipinski definition) is 5. The van der Waals surface area contributed by atoms with E-state index in [0.29, 0.717) is 10.8 Å². The van der Waals surface area contributed by atoms with Gasteiger partial charge in [0.25, 0.3) is 5.91 Å². The van der Waals surface area contributed by atoms with Crippen LogP contribution in [0.4, 0.5) is 0 Å². The van der Waals surface area contributed by atoms with E-state index in [2.05, 4.69) is 19.9 Å². The lowest BCUT2D eigenvalue weighted by molar-refractivity contribution is 0.0541. The molecule has 70 valence electrons. The zero-order chi connectivity index (χ0) is 9.26. The summed E-state index contributed by atoms with van der Waals surface area (Å²) in [4.78, 5) is 16.5. The Morgan fingerprint density at radius 1 is 1.69 bits per heavy atom. The van der Waals surface area contributed by atoms with Crippen molar-refractivity contribution in [1.82, 2.24) is 15.1 Å². The lowest BCUT2D eigenvalue weighted by Gasteiger charge is -1.99. The molecule has 0 saturated heterocycles. The first-order valence-electron chi connectivity index (χ1n) is 3.98. The maximum Gasteiger partial charge on any atom is 0.288 e. The van der Waals surface area contributed by atoms with Gasteiger partial charge in [0.05, 0.1) is 12.8 Å². The van der Waals surface area contributed by atoms with Gasteiger partial charge in [0.2, 0.25) is 0 Å². The highest BCUT2D eigenvalue weighted by Crippen LogP contribution is 2.41. The summed E-state index contributed by atoms with van der Waals surface area (Å²) in [5.74, 6) is 0.191. The van der Waals surface area contributed by atoms with Crippen molar-refractivity contribution in [2.45, 2.75) is 18.8 Å². The second-order valence-corrected chi connectivity index (χ2v) is 3.65. The van der Waals surface area contributed by atoms with Crippen molar-refractivity contribution in [1.29, 1.82) is 0 Å². The van der Waals surface area contributed by atoms with Crippen molar-refractivity contribution in [3.63, 3.8) is 0 Å². The lowest BCUT2D eigenvalue weighted by atomic mass is 10.2. The third-order valence-corrected chi connectivity index (χ3v) is 2.62. The van der Waals surface area contributed by atoms with Crippen LogP contribution in [-0.2, 0) is 4.84 Å². The highest BCUT2D eigenvalue weighted by atomic mass is 32.1. The standard InChI is InChI=1S/C7H9N3O2S/c1-12-9-7(11)6-5(4-2-3-4)8-10-13-6/h4H,2-3H2,1H3,(H,9,11). The predicted octanol–water partition coefficient (Wildman–Crippen LogP) is 0.707. The summed E-state index contributed by atoms with van der Waals surface area (Å²) in [6, 6.07) is 0. The topological polar surface area (TPSA) is 64.1 Å². The SMILES string of the molecule is CONC(=O)c1snnc1C1CC1. The molecular weight excluding hydrogens is 190 g/mol. The first-order chi connectivity index (χ1) is 6.33. The third kappa shape index (κ3) is 1.68. The van der Waals surface area contributed by atoms with Crippen LogP contribution < -0.4 is 5.48 Å². The molecule has 0 atom stereocenters. The minimum atomic E-state index is -0.251. The molecule has 0 radical (unpaired) electrons. The van der Waals surface area contributed by atoms with Crippen LogP contribution in [0.1, 0.15) is 34.1 Å². The number of hydrogen-bond donors (Lipinski definition) is 1. The molecule has 1 fully saturated rings. The Labute approximate surface area is 79.2 Å². The number of aromatic nitrogens is 2. The molecule has 1 aliphatic rings. The molecule has 2 rings (SSSR count). The number of carbonyl (C=O) groups excluding carboxylic acids is 1. The fourth-order valence-electron chi connectivity index (χ4n) is 1.12. The summed E-state index contributed by atoms with van der Waals surface area (Å²) in [5, 5.41) is 3.93. The number of nitrogens with zero attached hydrogens (tertiary/aromatic N) is 2. The molecule has 0 unspecified atom stereocenters. The first-order valence-corrected chi connectivity index (χ1v) is 4.76. The molecule has 13 heavy (non-hydrogen) atoms. The first kappa shape index (κ1) is 8.58. The number of amides is 1. The van der Waals surface area contributed by atoms with Gasteiger partial charge in [-0.1, -0.05) is 4.49 Å². The molecule has 0 bridgehead atoms. The van der Waals surface area contributed by atoms with E-state index in [1.54, 1.807) is 0 Å². The van der Waals surface area contributed by atoms with E-state index in [9.17, 15) is 4.79 Å². The lowest BCUT2D eigenvalue weighted by Crippen LogP contribution is -2.21. The van der Waals surface area contributed by atoms with Crippen molar-refractivity contribution in [3.8, 4) is 0 Å². The van der Waals surface area contributed by atoms with Crippen LogP contribution in [0.5, 0.6) is 0 Å². The number of carbonyl (C=O) groups is 1. The molecule has 0 spiro atoms. The zero-order valence-electron chi connectivity index (χ0n) is 7.11. The summed E-state index contributed by atoms with van der Waals surface area (Å²) in [6.07, 6.45) is 2.22. The molecule has 5 nitrogen and oxygen atoms in total. The number of rotatable bonds is 3. The predicted molar refractivity (Wildman–Crippen MR) is 46.4 cm³/mol. The molecule has 1 saturated carbocycles. The summed E-state index contributed by atoms with van der Waals surface area (Å²) < 4.78 is 3.76. The second-order valence-electron chi connectivity index (χ2n) is 2.90. The van der Waals surface area contributed by atoms with Crippen LogP contribution in [0.25, 0.3) is 0 Å². The van der Waals surface area contributed by atoms with Crippen molar-refractivity contribution in [2.24, 2.45) is 0 Å². The summed E-state index contributed by atoms with van der Waals surface area (Å²) >= 11 is 1.11. The van der Waals surface area contributed by atoms with Crippen LogP contribution in [-0.4, -0.2) is 22.6 Å². The third-order valence-electron chi connectivity index (χ3n) is 1.88. The summed E-state index contributed by atoms with van der Waals surface area (Å²) in [7, 11) is 1.41. The Bertz CT molecular complexity index is 321. The van der Waals surface area contributed by atoms with Gasteiger partial charge in [-0.3, -0.25) is 9.63 Å². The molecule has 0 aliphatic heterocycles. The van der Waals surface area contributed by atoms with E-state index in [0.717, 1.165) is 30.1 Å². The minimum Gasteiger partial charge on any atom is -0.277 e. The Hall–Kier alpha value is -1.01. The van der Waals surface area contributed by atoms with Gasteiger partial charge in [-0.2, -0.15) is 0 Å². The van der Waals surface area contributed by atoms with Crippen LogP contribution in [0, 0.1) is 0 Å². The smallest absolute Gasteiger partial charge is 0.277 e. The quantitative estimate of drug-likeness (QED) is 0.728. The Morgan fingerprint density at radius 2 is 2.46 bits per heavy atom. The van der Waals surface area contributed by atoms with Gasteiger partial charge in [0.1, 0.15) is 4.88 Å². The van der Waals surface area contributed by atoms with Crippen molar-refractivity contribution >= 4 is 17.4 Å². The van der Waals surface area contributed by atoms with Crippen molar-refractivity contribution in [2.75, 3.05) is 7.11 Å². The van der Waals surface area contributed by atoms with Crippen LogP contribution in [0.2, 0.25) is 0 Å². The summed E-state index contributed by atoms with van der Waals surface area (Å²) in [5.41, 5.74) is 3.08. The second kappa shape index (κ2) is 3.39. The molecule has 6 heteroatoms. The van der Waals surface area contributed by atoms with Gasteiger partial charge < -0.3 is 0 Å². The van der Waals surface area contributed by atoms with E-state index in [1.165, 1.54) is 7.11 Å². The zero-order valence-corrected chi connectivity index (χ0v) is 7.93. The fourth-order valence-corrected chi connectivity index (χ4v) is 1.75. The van der Waals surface area contributed by atoms with Gasteiger partial charge in [-0.05, 0) is 24.4 Å². The number of nitrogens with one attached hydrogen (secondary N) is 1. The average Bonchev–Trinajstić information content (AvgIpc) is 2.84. The van der Waals surface area contributed by atoms with Crippen molar-refractivity contribution < 1.29 is 9.63 Å². The van der Waals surface area contributed by atoms with Gasteiger partial charge >= 0.3 is 0 Å². The summed E-state index contributed by atoms with van der Waals surface area (Å²) in [6.45, 7) is 0. The van der Waals surface area contributed by atoms with Gasteiger partial charge in [0, 0.05) is 5.92 Å². The van der Waals surface area contributed by atoms with Gasteiger partial charge in [-0.15, -0.1) is 5.10 Å². The maximum atomic E-state index is 11.4. The van der Waals surface area contributed by atoms with E-state index in [-0.39, 0.29) is 5.91 Å². The molecule has 0 aromatic carbocycles. The van der Waals surface area contributed by atoms with Gasteiger partial charge in [-0.25, -0.2) is 5.48 Å². The number of hydroxylamine groups is 1. The van der Waals surface area contributed by atoms with E-state index >= 15 is 0 Å². The molecule has 1 amide bonds. The fraction of sp³-hybridized carbons (Fsp3) is 0.571. The van der Waals surface area contributed by atoms with E-state index in [4.69, 9.17) is 0 Å². The Balaban J connectivity index is 2.18. The van der Waals surface area contributed by atoms with Crippen LogP contribution in [0.15, 0.2) is 0 Å². The highest BCUT2D eigenvalue weighted by Gasteiger charge is 2.31. The van der Waals surface area contributed by atoms with Crippen molar-refractivity contribution in [3.05, 3.63) is 10.6 Å². The Kier molecular flexibility index (Phi) is 2.24. The minimum absolute atomic E-state index is 0.251. The normalized spacial score (nSPS) is 15.8. The van der Waals surface area contributed by atoms with Crippen LogP contribution in [0.3, 0.4) is 0 Å². The Morgan fingerprint density at radius 3 is 3.08 bits per heavy atom. The van der Waals surface area contributed by atoms with Gasteiger partial charge in [0.15, 0.2) is 0 Å². The van der Waals surface area contributed by atoms with E-state index < -0.39 is 0 Å². The molecule has 1 N–H and O–H groups in total. The molecular formula is C7H9N3O2S. The average molecular weight is 199 g/mol. The molecule has 1 heterocycles. The largest absolute Gasteiger partial charge is 0.288 e. The monoisotopic (exact) mass is 199 g/mol. The molecule has 1 aromatic rings. The van der Waals surface area contributed by atoms with E-state index in [1.807, 2.05) is 0 Å². The maximum absolute atomic E-state index is 11.4.